The minimum Gasteiger partial charge on any atom is -0.354 e. The molecule has 0 fully saturated rings. The number of carbonyl (C=O) groups is 2. The Labute approximate surface area is 243 Å². The van der Waals surface area contributed by atoms with Crippen LogP contribution in [0.3, 0.4) is 0 Å². The van der Waals surface area contributed by atoms with Crippen molar-refractivity contribution >= 4 is 27.5 Å². The number of benzene rings is 3. The third kappa shape index (κ3) is 9.42. The van der Waals surface area contributed by atoms with E-state index in [2.05, 4.69) is 5.32 Å². The SMILES string of the molecule is CCCNC(=O)C(Cc1ccccc1)N(Cc1ccc(F)cc1)C(=O)CCCN(c1cc(C)ccc1C)S(C)(=O)=O. The van der Waals surface area contributed by atoms with E-state index in [0.29, 0.717) is 24.2 Å². The van der Waals surface area contributed by atoms with E-state index in [1.54, 1.807) is 12.1 Å². The van der Waals surface area contributed by atoms with Crippen LogP contribution in [0.4, 0.5) is 10.1 Å². The van der Waals surface area contributed by atoms with Crippen LogP contribution in [0.1, 0.15) is 48.4 Å². The molecule has 0 aliphatic heterocycles. The van der Waals surface area contributed by atoms with Gasteiger partial charge in [-0.1, -0.05) is 61.5 Å². The number of nitrogens with zero attached hydrogens (tertiary/aromatic N) is 2. The second-order valence-corrected chi connectivity index (χ2v) is 12.3. The van der Waals surface area contributed by atoms with Gasteiger partial charge < -0.3 is 10.2 Å². The number of amides is 2. The summed E-state index contributed by atoms with van der Waals surface area (Å²) in [5.41, 5.74) is 3.93. The second kappa shape index (κ2) is 14.8. The monoisotopic (exact) mass is 581 g/mol. The maximum Gasteiger partial charge on any atom is 0.243 e. The zero-order chi connectivity index (χ0) is 30.0. The normalized spacial score (nSPS) is 12.0. The molecular formula is C32H40FN3O4S. The Hall–Kier alpha value is -3.72. The van der Waals surface area contributed by atoms with Crippen LogP contribution in [-0.4, -0.2) is 50.5 Å². The van der Waals surface area contributed by atoms with Crippen LogP contribution < -0.4 is 9.62 Å². The molecule has 1 atom stereocenters. The van der Waals surface area contributed by atoms with E-state index >= 15 is 0 Å². The Balaban J connectivity index is 1.88. The van der Waals surface area contributed by atoms with Gasteiger partial charge in [-0.3, -0.25) is 13.9 Å². The number of halogens is 1. The third-order valence-corrected chi connectivity index (χ3v) is 8.05. The van der Waals surface area contributed by atoms with Crippen molar-refractivity contribution in [3.8, 4) is 0 Å². The first-order valence-electron chi connectivity index (χ1n) is 13.9. The molecule has 0 aliphatic carbocycles. The Bertz CT molecular complexity index is 1410. The van der Waals surface area contributed by atoms with Crippen LogP contribution >= 0.6 is 0 Å². The lowest BCUT2D eigenvalue weighted by molar-refractivity contribution is -0.141. The van der Waals surface area contributed by atoms with Gasteiger partial charge >= 0.3 is 0 Å². The van der Waals surface area contributed by atoms with Gasteiger partial charge in [0.15, 0.2) is 0 Å². The number of hydrogen-bond donors (Lipinski definition) is 1. The number of nitrogens with one attached hydrogen (secondary N) is 1. The van der Waals surface area contributed by atoms with Gasteiger partial charge in [0, 0.05) is 32.5 Å². The molecule has 0 radical (unpaired) electrons. The van der Waals surface area contributed by atoms with Crippen LogP contribution in [0.15, 0.2) is 72.8 Å². The summed E-state index contributed by atoms with van der Waals surface area (Å²) < 4.78 is 40.4. The lowest BCUT2D eigenvalue weighted by Gasteiger charge is -2.32. The summed E-state index contributed by atoms with van der Waals surface area (Å²) in [6, 6.07) is 20.2. The molecule has 1 N–H and O–H groups in total. The fourth-order valence-electron chi connectivity index (χ4n) is 4.68. The van der Waals surface area contributed by atoms with Crippen LogP contribution in [0.25, 0.3) is 0 Å². The number of sulfonamides is 1. The van der Waals surface area contributed by atoms with Crippen molar-refractivity contribution in [1.29, 1.82) is 0 Å². The number of hydrogen-bond acceptors (Lipinski definition) is 4. The van der Waals surface area contributed by atoms with Gasteiger partial charge in [-0.05, 0) is 67.1 Å². The van der Waals surface area contributed by atoms with Crippen molar-refractivity contribution < 1.29 is 22.4 Å². The summed E-state index contributed by atoms with van der Waals surface area (Å²) in [6.45, 7) is 6.41. The maximum atomic E-state index is 13.8. The van der Waals surface area contributed by atoms with Gasteiger partial charge in [-0.15, -0.1) is 0 Å². The maximum absolute atomic E-state index is 13.8. The summed E-state index contributed by atoms with van der Waals surface area (Å²) >= 11 is 0. The summed E-state index contributed by atoms with van der Waals surface area (Å²) in [4.78, 5) is 28.8. The fraction of sp³-hybridized carbons (Fsp3) is 0.375. The molecule has 0 spiro atoms. The number of rotatable bonds is 14. The van der Waals surface area contributed by atoms with Crippen LogP contribution in [0.2, 0.25) is 0 Å². The van der Waals surface area contributed by atoms with E-state index in [1.807, 2.05) is 69.3 Å². The molecule has 0 aromatic heterocycles. The molecule has 9 heteroatoms. The van der Waals surface area contributed by atoms with Gasteiger partial charge in [-0.25, -0.2) is 12.8 Å². The summed E-state index contributed by atoms with van der Waals surface area (Å²) in [5, 5.41) is 2.93. The van der Waals surface area contributed by atoms with Gasteiger partial charge in [0.1, 0.15) is 11.9 Å². The summed E-state index contributed by atoms with van der Waals surface area (Å²) in [6.07, 6.45) is 2.50. The highest BCUT2D eigenvalue weighted by Crippen LogP contribution is 2.25. The van der Waals surface area contributed by atoms with Gasteiger partial charge in [-0.2, -0.15) is 0 Å². The molecule has 0 saturated carbocycles. The first-order chi connectivity index (χ1) is 19.5. The van der Waals surface area contributed by atoms with E-state index < -0.39 is 16.1 Å². The number of anilines is 1. The van der Waals surface area contributed by atoms with Crippen molar-refractivity contribution in [3.63, 3.8) is 0 Å². The molecule has 0 saturated heterocycles. The highest BCUT2D eigenvalue weighted by atomic mass is 32.2. The van der Waals surface area contributed by atoms with Gasteiger partial charge in [0.05, 0.1) is 11.9 Å². The first-order valence-corrected chi connectivity index (χ1v) is 15.7. The van der Waals surface area contributed by atoms with Crippen LogP contribution in [0.5, 0.6) is 0 Å². The fourth-order valence-corrected chi connectivity index (χ4v) is 5.69. The standard InChI is InChI=1S/C32H40FN3O4S/c1-5-19-34-32(38)30(22-26-10-7-6-8-11-26)35(23-27-15-17-28(33)18-16-27)31(37)12-9-20-36(41(4,39)40)29-21-24(2)13-14-25(29)3/h6-8,10-11,13-18,21,30H,5,9,12,19-20,22-23H2,1-4H3,(H,34,38). The van der Waals surface area contributed by atoms with Crippen molar-refractivity contribution in [2.75, 3.05) is 23.7 Å². The lowest BCUT2D eigenvalue weighted by Crippen LogP contribution is -2.50. The number of aryl methyl sites for hydroxylation is 2. The molecular weight excluding hydrogens is 541 g/mol. The molecule has 1 unspecified atom stereocenters. The van der Waals surface area contributed by atoms with Crippen molar-refractivity contribution in [2.24, 2.45) is 0 Å². The average molecular weight is 582 g/mol. The molecule has 7 nitrogen and oxygen atoms in total. The average Bonchev–Trinajstić information content (AvgIpc) is 2.94. The Morgan fingerprint density at radius 2 is 1.63 bits per heavy atom. The molecule has 0 bridgehead atoms. The molecule has 0 aliphatic rings. The van der Waals surface area contributed by atoms with Crippen molar-refractivity contribution in [1.82, 2.24) is 10.2 Å². The van der Waals surface area contributed by atoms with Crippen LogP contribution in [0, 0.1) is 19.7 Å². The van der Waals surface area contributed by atoms with Crippen molar-refractivity contribution in [2.45, 2.75) is 59.0 Å². The predicted octanol–water partition coefficient (Wildman–Crippen LogP) is 5.16. The predicted molar refractivity (Wildman–Crippen MR) is 162 cm³/mol. The molecule has 3 rings (SSSR count). The van der Waals surface area contributed by atoms with E-state index in [9.17, 15) is 22.4 Å². The van der Waals surface area contributed by atoms with Crippen LogP contribution in [-0.2, 0) is 32.6 Å². The molecule has 3 aromatic rings. The largest absolute Gasteiger partial charge is 0.354 e. The number of carbonyl (C=O) groups excluding carboxylic acids is 2. The second-order valence-electron chi connectivity index (χ2n) is 10.4. The molecule has 220 valence electrons. The van der Waals surface area contributed by atoms with Gasteiger partial charge in [0.2, 0.25) is 21.8 Å². The summed E-state index contributed by atoms with van der Waals surface area (Å²) in [7, 11) is -3.60. The van der Waals surface area contributed by atoms with E-state index in [4.69, 9.17) is 0 Å². The molecule has 3 aromatic carbocycles. The Morgan fingerprint density at radius 3 is 2.27 bits per heavy atom. The van der Waals surface area contributed by atoms with Gasteiger partial charge in [0.25, 0.3) is 0 Å². The van der Waals surface area contributed by atoms with Crippen molar-refractivity contribution in [3.05, 3.63) is 101 Å². The smallest absolute Gasteiger partial charge is 0.243 e. The summed E-state index contributed by atoms with van der Waals surface area (Å²) in [5.74, 6) is -0.934. The van der Waals surface area contributed by atoms with E-state index in [0.717, 1.165) is 29.4 Å². The first kappa shape index (κ1) is 31.8. The molecule has 2 amide bonds. The topological polar surface area (TPSA) is 86.8 Å². The molecule has 41 heavy (non-hydrogen) atoms. The lowest BCUT2D eigenvalue weighted by atomic mass is 10.0. The quantitative estimate of drug-likeness (QED) is 0.285. The zero-order valence-electron chi connectivity index (χ0n) is 24.3. The third-order valence-electron chi connectivity index (χ3n) is 6.87. The minimum atomic E-state index is -3.60. The molecule has 0 heterocycles. The van der Waals surface area contributed by atoms with E-state index in [-0.39, 0.29) is 43.6 Å². The Morgan fingerprint density at radius 1 is 0.951 bits per heavy atom. The zero-order valence-corrected chi connectivity index (χ0v) is 25.1. The minimum absolute atomic E-state index is 0.0322. The Kier molecular flexibility index (Phi) is 11.5. The van der Waals surface area contributed by atoms with E-state index in [1.165, 1.54) is 21.3 Å². The highest BCUT2D eigenvalue weighted by molar-refractivity contribution is 7.92. The highest BCUT2D eigenvalue weighted by Gasteiger charge is 2.30.